The van der Waals surface area contributed by atoms with Crippen molar-refractivity contribution in [2.75, 3.05) is 25.3 Å². The van der Waals surface area contributed by atoms with Crippen LogP contribution in [0.5, 0.6) is 11.5 Å². The number of carboxylic acids is 3. The summed E-state index contributed by atoms with van der Waals surface area (Å²) in [6.45, 7) is 1.84. The van der Waals surface area contributed by atoms with E-state index in [1.807, 2.05) is 13.0 Å². The smallest absolute Gasteiger partial charge is 0.339 e. The third-order valence-electron chi connectivity index (χ3n) is 8.92. The van der Waals surface area contributed by atoms with E-state index in [0.29, 0.717) is 23.0 Å². The summed E-state index contributed by atoms with van der Waals surface area (Å²) in [5.41, 5.74) is 7.61. The Bertz CT molecular complexity index is 3240. The second kappa shape index (κ2) is 27.9. The topological polar surface area (TPSA) is 319 Å². The van der Waals surface area contributed by atoms with Gasteiger partial charge in [-0.3, -0.25) is 18.9 Å². The average molecular weight is 1060 g/mol. The number of carbonyl (C=O) groups is 4. The van der Waals surface area contributed by atoms with Gasteiger partial charge in [-0.1, -0.05) is 89.4 Å². The van der Waals surface area contributed by atoms with Crippen LogP contribution in [-0.4, -0.2) is 90.5 Å². The van der Waals surface area contributed by atoms with Gasteiger partial charge >= 0.3 is 17.9 Å². The number of nitrogen functional groups attached to an aromatic ring is 1. The van der Waals surface area contributed by atoms with Gasteiger partial charge in [-0.05, 0) is 103 Å². The van der Waals surface area contributed by atoms with Gasteiger partial charge in [-0.25, -0.2) is 19.4 Å². The molecule has 7 rings (SSSR count). The lowest BCUT2D eigenvalue weighted by Gasteiger charge is -2.07. The summed E-state index contributed by atoms with van der Waals surface area (Å²) in [5.74, 6) is -2.22. The summed E-state index contributed by atoms with van der Waals surface area (Å²) >= 11 is 11.2. The van der Waals surface area contributed by atoms with Crippen LogP contribution in [0.25, 0.3) is 0 Å². The maximum absolute atomic E-state index is 11.9. The van der Waals surface area contributed by atoms with Gasteiger partial charge in [0.15, 0.2) is 11.5 Å². The van der Waals surface area contributed by atoms with E-state index in [4.69, 9.17) is 62.8 Å². The van der Waals surface area contributed by atoms with E-state index in [9.17, 15) is 36.0 Å². The van der Waals surface area contributed by atoms with E-state index in [1.54, 1.807) is 118 Å². The van der Waals surface area contributed by atoms with Crippen LogP contribution < -0.4 is 20.5 Å². The predicted octanol–water partition coefficient (Wildman–Crippen LogP) is 9.63. The number of carboxylic acid groups (broad SMARTS) is 3. The lowest BCUT2D eigenvalue weighted by molar-refractivity contribution is 0.0684. The van der Waals surface area contributed by atoms with E-state index in [-0.39, 0.29) is 47.8 Å². The molecule has 1 amide bonds. The molecular formula is C49H44Cl2N4O15S2. The lowest BCUT2D eigenvalue weighted by atomic mass is 10.1. The number of amides is 1. The van der Waals surface area contributed by atoms with Gasteiger partial charge in [0, 0.05) is 12.4 Å². The highest BCUT2D eigenvalue weighted by atomic mass is 35.5. The van der Waals surface area contributed by atoms with Gasteiger partial charge in [0.2, 0.25) is 0 Å². The van der Waals surface area contributed by atoms with Crippen LogP contribution in [0.1, 0.15) is 52.6 Å². The van der Waals surface area contributed by atoms with Crippen LogP contribution in [0.2, 0.25) is 10.0 Å². The molecule has 0 atom stereocenters. The number of ether oxygens (including phenoxy) is 2. The number of aryl methyl sites for hydroxylation is 1. The van der Waals surface area contributed by atoms with E-state index in [0.717, 1.165) is 11.1 Å². The Morgan fingerprint density at radius 3 is 1.62 bits per heavy atom. The van der Waals surface area contributed by atoms with Gasteiger partial charge in [0.05, 0.1) is 62.1 Å². The van der Waals surface area contributed by atoms with Crippen molar-refractivity contribution < 1.29 is 69.9 Å². The average Bonchev–Trinajstić information content (AvgIpc) is 3.35. The number of hydrogen-bond donors (Lipinski definition) is 7. The number of aromatic nitrogens is 1. The Labute approximate surface area is 423 Å². The van der Waals surface area contributed by atoms with E-state index in [2.05, 4.69) is 15.3 Å². The fourth-order valence-corrected chi connectivity index (χ4v) is 6.80. The summed E-state index contributed by atoms with van der Waals surface area (Å²) in [6, 6.07) is 39.3. The highest BCUT2D eigenvalue weighted by Crippen LogP contribution is 2.29. The SMILES string of the molecule is COc1ccc(C=Nc2ccccc2C(=O)O)cc1OC.Cc1ccc(S(=O)(=O)O)cc1.Nc1c(Cl)ccc(Cl)c1C(=O)O.O=C(O)c1ccccc1C(=O)Nc1ccccn1.O=S(=O)(O)c1ccccc1. The molecule has 7 aromatic rings. The fourth-order valence-electron chi connectivity index (χ4n) is 5.42. The number of hydrogen-bond acceptors (Lipinski definition) is 13. The monoisotopic (exact) mass is 1060 g/mol. The number of methoxy groups -OCH3 is 2. The maximum atomic E-state index is 11.9. The van der Waals surface area contributed by atoms with Crippen molar-refractivity contribution in [3.8, 4) is 11.5 Å². The normalized spacial score (nSPS) is 10.5. The zero-order valence-electron chi connectivity index (χ0n) is 38.0. The second-order valence-corrected chi connectivity index (χ2v) is 17.6. The first-order valence-corrected chi connectivity index (χ1v) is 23.8. The maximum Gasteiger partial charge on any atom is 0.339 e. The summed E-state index contributed by atoms with van der Waals surface area (Å²) in [4.78, 5) is 52.6. The molecule has 1 heterocycles. The number of carbonyl (C=O) groups excluding carboxylic acids is 1. The Morgan fingerprint density at radius 2 is 1.12 bits per heavy atom. The van der Waals surface area contributed by atoms with E-state index in [1.165, 1.54) is 54.6 Å². The van der Waals surface area contributed by atoms with Crippen molar-refractivity contribution in [2.24, 2.45) is 4.99 Å². The minimum Gasteiger partial charge on any atom is -0.493 e. The Balaban J connectivity index is 0.000000245. The molecule has 376 valence electrons. The number of nitrogens with one attached hydrogen (secondary N) is 1. The molecular weight excluding hydrogens is 1020 g/mol. The molecule has 0 saturated carbocycles. The molecule has 0 aliphatic rings. The standard InChI is InChI=1S/C16H15NO4.C13H10N2O3.C7H5Cl2NO2.C7H8O3S.C6H6O3S/c1-20-14-8-7-11(9-15(14)21-2)10-17-13-6-4-3-5-12(13)16(18)19;16-12(15-11-7-3-4-8-14-11)9-5-1-2-6-10(9)13(17)18;8-3-1-2-4(9)6(10)5(3)7(11)12;1-6-2-4-7(5-3-6)11(8,9)10;7-10(8,9)6-4-2-1-3-5-6/h3-10H,1-2H3,(H,18,19);1-8H,(H,17,18)(H,14,15,16);1-2H,10H2,(H,11,12);2-5H,1H3,(H,8,9,10);1-5H,(H,7,8,9). The predicted molar refractivity (Wildman–Crippen MR) is 271 cm³/mol. The van der Waals surface area contributed by atoms with Crippen LogP contribution in [0.3, 0.4) is 0 Å². The van der Waals surface area contributed by atoms with Crippen molar-refractivity contribution in [2.45, 2.75) is 16.7 Å². The number of aromatic carboxylic acids is 3. The van der Waals surface area contributed by atoms with Crippen molar-refractivity contribution in [3.63, 3.8) is 0 Å². The largest absolute Gasteiger partial charge is 0.493 e. The lowest BCUT2D eigenvalue weighted by Crippen LogP contribution is -2.16. The molecule has 0 aliphatic carbocycles. The number of halogens is 2. The molecule has 8 N–H and O–H groups in total. The Morgan fingerprint density at radius 1 is 0.611 bits per heavy atom. The third kappa shape index (κ3) is 18.6. The number of benzene rings is 6. The first-order chi connectivity index (χ1) is 34.0. The number of pyridine rings is 1. The minimum absolute atomic E-state index is 0.00309. The number of aliphatic imine (C=N–C) groups is 1. The van der Waals surface area contributed by atoms with Gasteiger partial charge in [-0.15, -0.1) is 0 Å². The van der Waals surface area contributed by atoms with Crippen LogP contribution in [0.4, 0.5) is 17.2 Å². The fraction of sp³-hybridized carbons (Fsp3) is 0.0612. The number of para-hydroxylation sites is 1. The summed E-state index contributed by atoms with van der Waals surface area (Å²) in [5, 5.41) is 29.6. The first kappa shape index (κ1) is 58.1. The van der Waals surface area contributed by atoms with Crippen molar-refractivity contribution in [3.05, 3.63) is 201 Å². The summed E-state index contributed by atoms with van der Waals surface area (Å²) in [6.07, 6.45) is 3.13. The Kier molecular flexibility index (Phi) is 22.5. The first-order valence-electron chi connectivity index (χ1n) is 20.1. The number of nitrogens with two attached hydrogens (primary N) is 1. The van der Waals surface area contributed by atoms with Gasteiger partial charge < -0.3 is 35.8 Å². The Hall–Kier alpha value is -8.18. The zero-order valence-corrected chi connectivity index (χ0v) is 41.1. The molecule has 0 saturated heterocycles. The van der Waals surface area contributed by atoms with Gasteiger partial charge in [-0.2, -0.15) is 16.8 Å². The molecule has 0 unspecified atom stereocenters. The molecule has 0 aliphatic heterocycles. The third-order valence-corrected chi connectivity index (χ3v) is 11.3. The highest BCUT2D eigenvalue weighted by molar-refractivity contribution is 7.86. The molecule has 19 nitrogen and oxygen atoms in total. The van der Waals surface area contributed by atoms with Crippen LogP contribution in [-0.2, 0) is 20.2 Å². The molecule has 23 heteroatoms. The van der Waals surface area contributed by atoms with Crippen molar-refractivity contribution >= 4 is 90.7 Å². The van der Waals surface area contributed by atoms with Gasteiger partial charge in [0.1, 0.15) is 11.4 Å². The number of nitrogens with zero attached hydrogens (tertiary/aromatic N) is 2. The second-order valence-electron chi connectivity index (χ2n) is 13.9. The summed E-state index contributed by atoms with van der Waals surface area (Å²) in [7, 11) is -4.90. The van der Waals surface area contributed by atoms with Crippen LogP contribution in [0.15, 0.2) is 173 Å². The van der Waals surface area contributed by atoms with Crippen LogP contribution in [0, 0.1) is 6.92 Å². The molecule has 1 aromatic heterocycles. The van der Waals surface area contributed by atoms with Crippen molar-refractivity contribution in [1.82, 2.24) is 4.98 Å². The van der Waals surface area contributed by atoms with Gasteiger partial charge in [0.25, 0.3) is 26.1 Å². The van der Waals surface area contributed by atoms with Crippen molar-refractivity contribution in [1.29, 1.82) is 0 Å². The molecule has 0 spiro atoms. The molecule has 0 bridgehead atoms. The van der Waals surface area contributed by atoms with E-state index >= 15 is 0 Å². The van der Waals surface area contributed by atoms with E-state index < -0.39 is 44.1 Å². The summed E-state index contributed by atoms with van der Waals surface area (Å²) < 4.78 is 69.2. The molecule has 0 fully saturated rings. The number of rotatable bonds is 11. The number of anilines is 2. The molecule has 0 radical (unpaired) electrons. The zero-order chi connectivity index (χ0) is 53.6. The van der Waals surface area contributed by atoms with Crippen LogP contribution >= 0.6 is 23.2 Å². The molecule has 6 aromatic carbocycles. The quantitative estimate of drug-likeness (QED) is 0.0360. The molecule has 72 heavy (non-hydrogen) atoms. The minimum atomic E-state index is -4.02. The highest BCUT2D eigenvalue weighted by Gasteiger charge is 2.17.